The molecule has 2 heterocycles. The van der Waals surface area contributed by atoms with Gasteiger partial charge < -0.3 is 15.0 Å². The molecule has 4 rings (SSSR count). The molecule has 8 heteroatoms. The predicted molar refractivity (Wildman–Crippen MR) is 125 cm³/mol. The second kappa shape index (κ2) is 9.92. The van der Waals surface area contributed by atoms with Crippen LogP contribution in [0, 0.1) is 0 Å². The van der Waals surface area contributed by atoms with Crippen LogP contribution in [-0.4, -0.2) is 62.9 Å². The zero-order valence-electron chi connectivity index (χ0n) is 18.5. The average molecular weight is 458 g/mol. The van der Waals surface area contributed by atoms with Gasteiger partial charge in [-0.05, 0) is 49.6 Å². The van der Waals surface area contributed by atoms with Crippen molar-refractivity contribution in [2.45, 2.75) is 43.0 Å². The van der Waals surface area contributed by atoms with Crippen LogP contribution in [0.1, 0.15) is 42.5 Å². The maximum Gasteiger partial charge on any atom is 0.257 e. The Morgan fingerprint density at radius 2 is 1.72 bits per heavy atom. The Balaban J connectivity index is 1.53. The highest BCUT2D eigenvalue weighted by Crippen LogP contribution is 2.28. The Bertz CT molecular complexity index is 1030. The minimum absolute atomic E-state index is 0.149. The van der Waals surface area contributed by atoms with E-state index in [2.05, 4.69) is 5.32 Å². The van der Waals surface area contributed by atoms with Gasteiger partial charge in [0.2, 0.25) is 10.0 Å². The number of amides is 1. The van der Waals surface area contributed by atoms with Gasteiger partial charge in [-0.2, -0.15) is 4.31 Å². The lowest BCUT2D eigenvalue weighted by Gasteiger charge is -2.22. The van der Waals surface area contributed by atoms with Crippen molar-refractivity contribution in [3.05, 3.63) is 54.1 Å². The number of rotatable bonds is 6. The number of hydrogen-bond donors (Lipinski definition) is 1. The fraction of sp³-hybridized carbons (Fsp3) is 0.458. The first kappa shape index (κ1) is 22.6. The van der Waals surface area contributed by atoms with Crippen molar-refractivity contribution in [1.29, 1.82) is 0 Å². The van der Waals surface area contributed by atoms with Gasteiger partial charge in [0.1, 0.15) is 5.75 Å². The number of benzene rings is 2. The van der Waals surface area contributed by atoms with Crippen molar-refractivity contribution >= 4 is 21.6 Å². The van der Waals surface area contributed by atoms with Gasteiger partial charge in [-0.3, -0.25) is 4.79 Å². The average Bonchev–Trinajstić information content (AvgIpc) is 3.09. The molecule has 0 aliphatic carbocycles. The number of carbonyl (C=O) groups excluding carboxylic acids is 1. The molecule has 2 fully saturated rings. The second-order valence-electron chi connectivity index (χ2n) is 8.43. The molecular formula is C24H31N3O4S. The van der Waals surface area contributed by atoms with Crippen molar-refractivity contribution < 1.29 is 17.9 Å². The second-order valence-corrected chi connectivity index (χ2v) is 10.4. The zero-order valence-corrected chi connectivity index (χ0v) is 19.3. The molecular weight excluding hydrogens is 426 g/mol. The molecule has 32 heavy (non-hydrogen) atoms. The van der Waals surface area contributed by atoms with Gasteiger partial charge >= 0.3 is 0 Å². The van der Waals surface area contributed by atoms with Crippen LogP contribution in [0.25, 0.3) is 0 Å². The van der Waals surface area contributed by atoms with Crippen LogP contribution in [0.15, 0.2) is 53.4 Å². The monoisotopic (exact) mass is 457 g/mol. The Morgan fingerprint density at radius 3 is 2.41 bits per heavy atom. The zero-order chi connectivity index (χ0) is 22.6. The number of ether oxygens (including phenoxy) is 1. The van der Waals surface area contributed by atoms with Crippen LogP contribution < -0.4 is 10.1 Å². The summed E-state index contributed by atoms with van der Waals surface area (Å²) in [5, 5.41) is 3.46. The van der Waals surface area contributed by atoms with Gasteiger partial charge in [0.05, 0.1) is 17.6 Å². The first-order valence-corrected chi connectivity index (χ1v) is 12.7. The van der Waals surface area contributed by atoms with Crippen molar-refractivity contribution in [2.24, 2.45) is 0 Å². The highest BCUT2D eigenvalue weighted by molar-refractivity contribution is 7.89. The van der Waals surface area contributed by atoms with Crippen LogP contribution in [0.4, 0.5) is 5.69 Å². The Morgan fingerprint density at radius 1 is 1.00 bits per heavy atom. The van der Waals surface area contributed by atoms with E-state index in [1.807, 2.05) is 30.3 Å². The van der Waals surface area contributed by atoms with E-state index in [1.54, 1.807) is 21.3 Å². The van der Waals surface area contributed by atoms with Crippen molar-refractivity contribution in [3.8, 4) is 5.75 Å². The van der Waals surface area contributed by atoms with Crippen molar-refractivity contribution in [3.63, 3.8) is 0 Å². The minimum atomic E-state index is -3.65. The van der Waals surface area contributed by atoms with Gasteiger partial charge in [-0.15, -0.1) is 0 Å². The lowest BCUT2D eigenvalue weighted by atomic mass is 10.1. The lowest BCUT2D eigenvalue weighted by molar-refractivity contribution is 0.0788. The Hall–Kier alpha value is -2.58. The molecule has 2 aliphatic heterocycles. The molecule has 2 saturated heterocycles. The minimum Gasteiger partial charge on any atom is -0.496 e. The summed E-state index contributed by atoms with van der Waals surface area (Å²) >= 11 is 0. The first-order chi connectivity index (χ1) is 15.5. The van der Waals surface area contributed by atoms with E-state index < -0.39 is 10.0 Å². The van der Waals surface area contributed by atoms with Gasteiger partial charge in [-0.1, -0.05) is 31.0 Å². The van der Waals surface area contributed by atoms with Crippen LogP contribution in [0.3, 0.4) is 0 Å². The number of methoxy groups -OCH3 is 1. The topological polar surface area (TPSA) is 79.0 Å². The molecule has 2 aromatic carbocycles. The SMILES string of the molecule is COc1ccc(S(=O)(=O)N2CCCCCC2)cc1C(=O)N1CCC(Nc2ccccc2)C1. The van der Waals surface area contributed by atoms with E-state index in [-0.39, 0.29) is 16.8 Å². The predicted octanol–water partition coefficient (Wildman–Crippen LogP) is 3.59. The largest absolute Gasteiger partial charge is 0.496 e. The Labute approximate surface area is 190 Å². The third kappa shape index (κ3) is 4.91. The molecule has 0 spiro atoms. The fourth-order valence-corrected chi connectivity index (χ4v) is 5.99. The first-order valence-electron chi connectivity index (χ1n) is 11.3. The fourth-order valence-electron chi connectivity index (χ4n) is 4.45. The van der Waals surface area contributed by atoms with Crippen molar-refractivity contribution in [1.82, 2.24) is 9.21 Å². The van der Waals surface area contributed by atoms with Crippen LogP contribution in [0.5, 0.6) is 5.75 Å². The molecule has 0 bridgehead atoms. The number of nitrogens with zero attached hydrogens (tertiary/aromatic N) is 2. The maximum absolute atomic E-state index is 13.3. The summed E-state index contributed by atoms with van der Waals surface area (Å²) in [7, 11) is -2.15. The highest BCUT2D eigenvalue weighted by Gasteiger charge is 2.31. The summed E-state index contributed by atoms with van der Waals surface area (Å²) in [4.78, 5) is 15.3. The lowest BCUT2D eigenvalue weighted by Crippen LogP contribution is -2.33. The smallest absolute Gasteiger partial charge is 0.257 e. The van der Waals surface area contributed by atoms with Crippen LogP contribution >= 0.6 is 0 Å². The molecule has 0 saturated carbocycles. The number of para-hydroxylation sites is 1. The van der Waals surface area contributed by atoms with Gasteiger partial charge in [0.15, 0.2) is 0 Å². The molecule has 1 unspecified atom stereocenters. The number of sulfonamides is 1. The molecule has 1 N–H and O–H groups in total. The molecule has 2 aliphatic rings. The highest BCUT2D eigenvalue weighted by atomic mass is 32.2. The van der Waals surface area contributed by atoms with Crippen LogP contribution in [0.2, 0.25) is 0 Å². The number of anilines is 1. The van der Waals surface area contributed by atoms with E-state index in [0.29, 0.717) is 37.5 Å². The Kier molecular flexibility index (Phi) is 7.01. The molecule has 0 radical (unpaired) electrons. The maximum atomic E-state index is 13.3. The van der Waals surface area contributed by atoms with Gasteiger partial charge in [0.25, 0.3) is 5.91 Å². The summed E-state index contributed by atoms with van der Waals surface area (Å²) in [5.41, 5.74) is 1.32. The summed E-state index contributed by atoms with van der Waals surface area (Å²) < 4.78 is 33.4. The summed E-state index contributed by atoms with van der Waals surface area (Å²) in [6.07, 6.45) is 4.65. The number of carbonyl (C=O) groups is 1. The van der Waals surface area contributed by atoms with E-state index in [0.717, 1.165) is 37.8 Å². The summed E-state index contributed by atoms with van der Waals surface area (Å²) in [6, 6.07) is 14.7. The van der Waals surface area contributed by atoms with E-state index in [4.69, 9.17) is 4.74 Å². The summed E-state index contributed by atoms with van der Waals surface area (Å²) in [5.74, 6) is 0.191. The third-order valence-corrected chi connectivity index (χ3v) is 8.12. The molecule has 0 aromatic heterocycles. The van der Waals surface area contributed by atoms with E-state index in [9.17, 15) is 13.2 Å². The van der Waals surface area contributed by atoms with E-state index in [1.165, 1.54) is 13.2 Å². The third-order valence-electron chi connectivity index (χ3n) is 6.22. The number of likely N-dealkylation sites (tertiary alicyclic amines) is 1. The normalized spacial score (nSPS) is 20.0. The quantitative estimate of drug-likeness (QED) is 0.717. The molecule has 2 aromatic rings. The number of hydrogen-bond acceptors (Lipinski definition) is 5. The number of nitrogens with one attached hydrogen (secondary N) is 1. The van der Waals surface area contributed by atoms with E-state index >= 15 is 0 Å². The molecule has 1 atom stereocenters. The van der Waals surface area contributed by atoms with Gasteiger partial charge in [-0.25, -0.2) is 8.42 Å². The van der Waals surface area contributed by atoms with Gasteiger partial charge in [0, 0.05) is 37.9 Å². The molecule has 172 valence electrons. The van der Waals surface area contributed by atoms with Crippen molar-refractivity contribution in [2.75, 3.05) is 38.6 Å². The summed E-state index contributed by atoms with van der Waals surface area (Å²) in [6.45, 7) is 2.21. The molecule has 1 amide bonds. The standard InChI is InChI=1S/C24H31N3O4S/c1-31-23-12-11-21(32(29,30)27-14-7-2-3-8-15-27)17-22(23)24(28)26-16-13-20(18-26)25-19-9-5-4-6-10-19/h4-6,9-12,17,20,25H,2-3,7-8,13-16,18H2,1H3. The molecule has 7 nitrogen and oxygen atoms in total. The van der Waals surface area contributed by atoms with Crippen LogP contribution in [-0.2, 0) is 10.0 Å².